The van der Waals surface area contributed by atoms with Gasteiger partial charge in [0.1, 0.15) is 18.2 Å². The summed E-state index contributed by atoms with van der Waals surface area (Å²) in [4.78, 5) is 20.6. The van der Waals surface area contributed by atoms with Crippen LogP contribution >= 0.6 is 39.1 Å². The minimum atomic E-state index is -0.179. The molecule has 1 saturated carbocycles. The van der Waals surface area contributed by atoms with Crippen molar-refractivity contribution in [2.24, 2.45) is 5.10 Å². The minimum Gasteiger partial charge on any atom is -0.488 e. The third kappa shape index (κ3) is 6.32. The van der Waals surface area contributed by atoms with Gasteiger partial charge < -0.3 is 9.64 Å². The molecular weight excluding hydrogens is 599 g/mol. The van der Waals surface area contributed by atoms with E-state index in [-0.39, 0.29) is 11.5 Å². The van der Waals surface area contributed by atoms with Gasteiger partial charge in [-0.3, -0.25) is 4.79 Å². The molecule has 3 aromatic carbocycles. The summed E-state index contributed by atoms with van der Waals surface area (Å²) in [5, 5.41) is 6.22. The number of rotatable bonds is 7. The van der Waals surface area contributed by atoms with Crippen LogP contribution in [-0.2, 0) is 6.61 Å². The van der Waals surface area contributed by atoms with Gasteiger partial charge in [0, 0.05) is 41.8 Å². The molecule has 4 aromatic rings. The Morgan fingerprint density at radius 2 is 1.85 bits per heavy atom. The lowest BCUT2D eigenvalue weighted by Gasteiger charge is -2.23. The Morgan fingerprint density at radius 1 is 1.05 bits per heavy atom. The molecular formula is C30H29BrCl2N4O2. The van der Waals surface area contributed by atoms with Crippen LogP contribution in [0.2, 0.25) is 10.0 Å². The SMILES string of the molecule is CN(C)c1ccc(C=Nn2c(C3CCCCC3)nc3ccc(Br)cc3c2=O)c(OCc2ccc(Cl)c(Cl)c2)c1. The molecule has 6 nitrogen and oxygen atoms in total. The van der Waals surface area contributed by atoms with Crippen molar-refractivity contribution in [3.05, 3.63) is 96.4 Å². The molecule has 0 spiro atoms. The van der Waals surface area contributed by atoms with E-state index in [1.54, 1.807) is 24.4 Å². The lowest BCUT2D eigenvalue weighted by Crippen LogP contribution is -2.25. The van der Waals surface area contributed by atoms with Gasteiger partial charge in [0.05, 0.1) is 27.2 Å². The molecule has 1 fully saturated rings. The van der Waals surface area contributed by atoms with E-state index in [9.17, 15) is 4.79 Å². The van der Waals surface area contributed by atoms with E-state index < -0.39 is 0 Å². The number of nitrogens with zero attached hydrogens (tertiary/aromatic N) is 4. The number of halogens is 3. The van der Waals surface area contributed by atoms with Gasteiger partial charge in [0.25, 0.3) is 5.56 Å². The van der Waals surface area contributed by atoms with Crippen molar-refractivity contribution in [3.8, 4) is 5.75 Å². The molecule has 0 N–H and O–H groups in total. The van der Waals surface area contributed by atoms with Crippen molar-refractivity contribution >= 4 is 61.9 Å². The third-order valence-electron chi connectivity index (χ3n) is 7.01. The first-order valence-corrected chi connectivity index (χ1v) is 14.5. The Hall–Kier alpha value is -2.87. The fraction of sp³-hybridized carbons (Fsp3) is 0.300. The normalized spacial score (nSPS) is 14.3. The molecule has 202 valence electrons. The summed E-state index contributed by atoms with van der Waals surface area (Å²) in [7, 11) is 3.95. The van der Waals surface area contributed by atoms with E-state index in [1.165, 1.54) is 11.1 Å². The molecule has 0 atom stereocenters. The summed E-state index contributed by atoms with van der Waals surface area (Å²) in [6, 6.07) is 16.9. The predicted molar refractivity (Wildman–Crippen MR) is 164 cm³/mol. The molecule has 39 heavy (non-hydrogen) atoms. The van der Waals surface area contributed by atoms with Gasteiger partial charge in [-0.25, -0.2) is 4.98 Å². The molecule has 5 rings (SSSR count). The van der Waals surface area contributed by atoms with E-state index >= 15 is 0 Å². The zero-order valence-electron chi connectivity index (χ0n) is 21.8. The average Bonchev–Trinajstić information content (AvgIpc) is 2.94. The average molecular weight is 628 g/mol. The highest BCUT2D eigenvalue weighted by molar-refractivity contribution is 9.10. The van der Waals surface area contributed by atoms with E-state index in [1.807, 2.05) is 55.4 Å². The highest BCUT2D eigenvalue weighted by Gasteiger charge is 2.22. The molecule has 0 radical (unpaired) electrons. The lowest BCUT2D eigenvalue weighted by molar-refractivity contribution is 0.306. The molecule has 1 aromatic heterocycles. The van der Waals surface area contributed by atoms with Crippen LogP contribution in [0.4, 0.5) is 5.69 Å². The van der Waals surface area contributed by atoms with E-state index in [2.05, 4.69) is 15.9 Å². The molecule has 1 aliphatic carbocycles. The molecule has 9 heteroatoms. The summed E-state index contributed by atoms with van der Waals surface area (Å²) in [5.41, 5.74) is 3.13. The van der Waals surface area contributed by atoms with Crippen LogP contribution in [0.15, 0.2) is 69.0 Å². The fourth-order valence-corrected chi connectivity index (χ4v) is 5.53. The zero-order valence-corrected chi connectivity index (χ0v) is 24.9. The summed E-state index contributed by atoms with van der Waals surface area (Å²) in [6.45, 7) is 0.299. The van der Waals surface area contributed by atoms with Crippen molar-refractivity contribution in [2.45, 2.75) is 44.6 Å². The quantitative estimate of drug-likeness (QED) is 0.195. The van der Waals surface area contributed by atoms with E-state index in [4.69, 9.17) is 38.0 Å². The standard InChI is InChI=1S/C30H29BrCl2N4O2/c1-36(2)23-11-9-21(28(16-23)39-18-19-8-12-25(32)26(33)14-19)17-34-37-29(20-6-4-3-5-7-20)35-27-13-10-22(31)15-24(27)30(37)38/h8-17,20H,3-7,18H2,1-2H3. The molecule has 0 amide bonds. The van der Waals surface area contributed by atoms with Gasteiger partial charge in [-0.1, -0.05) is 64.5 Å². The number of hydrogen-bond acceptors (Lipinski definition) is 5. The number of anilines is 1. The fourth-order valence-electron chi connectivity index (χ4n) is 4.85. The van der Waals surface area contributed by atoms with Crippen LogP contribution in [0.5, 0.6) is 5.75 Å². The summed E-state index contributed by atoms with van der Waals surface area (Å²) >= 11 is 15.8. The highest BCUT2D eigenvalue weighted by atomic mass is 79.9. The van der Waals surface area contributed by atoms with E-state index in [0.717, 1.165) is 47.0 Å². The van der Waals surface area contributed by atoms with Crippen molar-refractivity contribution in [2.75, 3.05) is 19.0 Å². The molecule has 0 saturated heterocycles. The van der Waals surface area contributed by atoms with Crippen LogP contribution in [0.25, 0.3) is 10.9 Å². The van der Waals surface area contributed by atoms with E-state index in [0.29, 0.717) is 39.1 Å². The van der Waals surface area contributed by atoms with Gasteiger partial charge in [-0.15, -0.1) is 0 Å². The Kier molecular flexibility index (Phi) is 8.60. The molecule has 0 aliphatic heterocycles. The van der Waals surface area contributed by atoms with Crippen LogP contribution in [0.1, 0.15) is 55.0 Å². The maximum Gasteiger partial charge on any atom is 0.282 e. The first-order valence-electron chi connectivity index (χ1n) is 12.9. The Balaban J connectivity index is 1.55. The predicted octanol–water partition coefficient (Wildman–Crippen LogP) is 8.04. The van der Waals surface area contributed by atoms with Gasteiger partial charge in [0.15, 0.2) is 0 Å². The first kappa shape index (κ1) is 27.7. The summed E-state index contributed by atoms with van der Waals surface area (Å²) < 4.78 is 8.54. The van der Waals surface area contributed by atoms with Crippen LogP contribution in [-0.4, -0.2) is 30.0 Å². The minimum absolute atomic E-state index is 0.179. The summed E-state index contributed by atoms with van der Waals surface area (Å²) in [5.74, 6) is 1.55. The number of ether oxygens (including phenoxy) is 1. The Morgan fingerprint density at radius 3 is 2.59 bits per heavy atom. The van der Waals surface area contributed by atoms with Crippen molar-refractivity contribution in [1.82, 2.24) is 9.66 Å². The van der Waals surface area contributed by atoms with Gasteiger partial charge >= 0.3 is 0 Å². The second-order valence-electron chi connectivity index (χ2n) is 9.98. The first-order chi connectivity index (χ1) is 18.8. The highest BCUT2D eigenvalue weighted by Crippen LogP contribution is 2.32. The Bertz CT molecular complexity index is 1600. The van der Waals surface area contributed by atoms with Gasteiger partial charge in [-0.05, 0) is 60.9 Å². The van der Waals surface area contributed by atoms with Crippen molar-refractivity contribution in [3.63, 3.8) is 0 Å². The molecule has 0 unspecified atom stereocenters. The smallest absolute Gasteiger partial charge is 0.282 e. The van der Waals surface area contributed by atoms with Crippen LogP contribution in [0, 0.1) is 0 Å². The monoisotopic (exact) mass is 626 g/mol. The topological polar surface area (TPSA) is 59.7 Å². The van der Waals surface area contributed by atoms with Gasteiger partial charge in [-0.2, -0.15) is 9.78 Å². The van der Waals surface area contributed by atoms with Gasteiger partial charge in [0.2, 0.25) is 0 Å². The summed E-state index contributed by atoms with van der Waals surface area (Å²) in [6.07, 6.45) is 7.15. The molecule has 0 bridgehead atoms. The third-order valence-corrected chi connectivity index (χ3v) is 8.24. The number of benzene rings is 3. The second-order valence-corrected chi connectivity index (χ2v) is 11.7. The molecule has 1 aliphatic rings. The number of fused-ring (bicyclic) bond motifs is 1. The number of hydrogen-bond donors (Lipinski definition) is 0. The zero-order chi connectivity index (χ0) is 27.5. The second kappa shape index (κ2) is 12.1. The maximum absolute atomic E-state index is 13.7. The Labute approximate surface area is 246 Å². The number of aromatic nitrogens is 2. The maximum atomic E-state index is 13.7. The molecule has 1 heterocycles. The largest absolute Gasteiger partial charge is 0.488 e. The van der Waals surface area contributed by atoms with Crippen molar-refractivity contribution < 1.29 is 4.74 Å². The van der Waals surface area contributed by atoms with Crippen LogP contribution in [0.3, 0.4) is 0 Å². The van der Waals surface area contributed by atoms with Crippen molar-refractivity contribution in [1.29, 1.82) is 0 Å². The van der Waals surface area contributed by atoms with Crippen LogP contribution < -0.4 is 15.2 Å². The lowest BCUT2D eigenvalue weighted by atomic mass is 9.88.